The average Bonchev–Trinajstić information content (AvgIpc) is 2.86. The first-order chi connectivity index (χ1) is 13.3. The maximum atomic E-state index is 12.5. The van der Waals surface area contributed by atoms with Gasteiger partial charge in [0.1, 0.15) is 5.69 Å². The van der Waals surface area contributed by atoms with Crippen molar-refractivity contribution >= 4 is 34.9 Å². The summed E-state index contributed by atoms with van der Waals surface area (Å²) >= 11 is 0. The molecule has 0 fully saturated rings. The van der Waals surface area contributed by atoms with E-state index in [2.05, 4.69) is 10.6 Å². The number of nitro groups is 1. The second-order valence-corrected chi connectivity index (χ2v) is 6.73. The van der Waals surface area contributed by atoms with E-state index >= 15 is 0 Å². The molecule has 1 heterocycles. The van der Waals surface area contributed by atoms with E-state index < -0.39 is 16.9 Å². The van der Waals surface area contributed by atoms with Gasteiger partial charge < -0.3 is 10.6 Å². The van der Waals surface area contributed by atoms with E-state index in [0.717, 1.165) is 0 Å². The van der Waals surface area contributed by atoms with Crippen LogP contribution in [0.1, 0.15) is 34.6 Å². The number of para-hydroxylation sites is 2. The summed E-state index contributed by atoms with van der Waals surface area (Å²) in [5.41, 5.74) is 0.601. The predicted molar refractivity (Wildman–Crippen MR) is 102 cm³/mol. The Balaban J connectivity index is 1.76. The van der Waals surface area contributed by atoms with Crippen LogP contribution in [-0.2, 0) is 0 Å². The highest BCUT2D eigenvalue weighted by atomic mass is 16.6. The minimum Gasteiger partial charge on any atom is -0.308 e. The zero-order chi connectivity index (χ0) is 20.4. The maximum absolute atomic E-state index is 12.5. The Hall–Kier alpha value is -3.75. The number of hydrogen-bond acceptors (Lipinski definition) is 5. The quantitative estimate of drug-likeness (QED) is 0.466. The molecule has 0 saturated carbocycles. The topological polar surface area (TPSA) is 122 Å². The fourth-order valence-corrected chi connectivity index (χ4v) is 2.92. The number of carbonyl (C=O) groups excluding carboxylic acids is 3. The lowest BCUT2D eigenvalue weighted by molar-refractivity contribution is -0.383. The predicted octanol–water partition coefficient (Wildman–Crippen LogP) is 3.49. The van der Waals surface area contributed by atoms with Crippen LogP contribution in [0.2, 0.25) is 0 Å². The van der Waals surface area contributed by atoms with Crippen LogP contribution in [-0.4, -0.2) is 34.2 Å². The number of rotatable bonds is 5. The summed E-state index contributed by atoms with van der Waals surface area (Å²) in [6, 6.07) is 9.45. The van der Waals surface area contributed by atoms with Crippen molar-refractivity contribution in [3.05, 3.63) is 63.7 Å². The van der Waals surface area contributed by atoms with E-state index in [4.69, 9.17) is 0 Å². The number of anilines is 2. The summed E-state index contributed by atoms with van der Waals surface area (Å²) in [5.74, 6) is -0.631. The Morgan fingerprint density at radius 1 is 1.07 bits per heavy atom. The molecule has 0 saturated heterocycles. The van der Waals surface area contributed by atoms with Crippen LogP contribution in [0.5, 0.6) is 0 Å². The number of nitrogens with zero attached hydrogens (tertiary/aromatic N) is 2. The van der Waals surface area contributed by atoms with Crippen molar-refractivity contribution in [1.82, 2.24) is 4.90 Å². The van der Waals surface area contributed by atoms with E-state index in [0.29, 0.717) is 12.2 Å². The number of benzene rings is 2. The number of hydrogen-bond donors (Lipinski definition) is 2. The van der Waals surface area contributed by atoms with Crippen molar-refractivity contribution in [3.8, 4) is 0 Å². The Bertz CT molecular complexity index is 986. The summed E-state index contributed by atoms with van der Waals surface area (Å²) in [5, 5.41) is 16.0. The van der Waals surface area contributed by atoms with Crippen molar-refractivity contribution in [2.75, 3.05) is 17.2 Å². The molecule has 2 N–H and O–H groups in total. The van der Waals surface area contributed by atoms with Crippen molar-refractivity contribution < 1.29 is 19.3 Å². The average molecular weight is 382 g/mol. The van der Waals surface area contributed by atoms with Crippen LogP contribution in [0.4, 0.5) is 21.9 Å². The summed E-state index contributed by atoms with van der Waals surface area (Å²) in [6.45, 7) is 4.13. The van der Waals surface area contributed by atoms with Crippen molar-refractivity contribution in [3.63, 3.8) is 0 Å². The summed E-state index contributed by atoms with van der Waals surface area (Å²) < 4.78 is 0. The first-order valence-corrected chi connectivity index (χ1v) is 8.59. The standard InChI is InChI=1S/C19H18N4O5/c1-11(2)10-22-17(24)13-8-7-12(9-14(13)18(22)25)20-19(26)21-15-5-3-4-6-16(15)23(27)28/h3-9,11H,10H2,1-2H3,(H2,20,21,26). The Morgan fingerprint density at radius 2 is 1.75 bits per heavy atom. The number of carbonyl (C=O) groups is 3. The molecule has 0 aromatic heterocycles. The van der Waals surface area contributed by atoms with Gasteiger partial charge in [-0.3, -0.25) is 24.6 Å². The van der Waals surface area contributed by atoms with Crippen LogP contribution in [0.25, 0.3) is 0 Å². The van der Waals surface area contributed by atoms with Crippen molar-refractivity contribution in [1.29, 1.82) is 0 Å². The number of nitrogens with one attached hydrogen (secondary N) is 2. The number of nitro benzene ring substituents is 1. The van der Waals surface area contributed by atoms with Gasteiger partial charge in [-0.15, -0.1) is 0 Å². The zero-order valence-corrected chi connectivity index (χ0v) is 15.3. The van der Waals surface area contributed by atoms with Gasteiger partial charge in [0, 0.05) is 18.3 Å². The molecule has 9 heteroatoms. The van der Waals surface area contributed by atoms with Gasteiger partial charge in [-0.1, -0.05) is 26.0 Å². The molecule has 4 amide bonds. The molecule has 1 aliphatic rings. The molecular formula is C19H18N4O5. The zero-order valence-electron chi connectivity index (χ0n) is 15.3. The van der Waals surface area contributed by atoms with Gasteiger partial charge in [-0.2, -0.15) is 0 Å². The molecule has 2 aromatic rings. The van der Waals surface area contributed by atoms with Crippen LogP contribution in [0.3, 0.4) is 0 Å². The molecule has 28 heavy (non-hydrogen) atoms. The van der Waals surface area contributed by atoms with Gasteiger partial charge in [0.25, 0.3) is 17.5 Å². The van der Waals surface area contributed by atoms with Crippen LogP contribution in [0.15, 0.2) is 42.5 Å². The van der Waals surface area contributed by atoms with Gasteiger partial charge in [0.05, 0.1) is 16.1 Å². The maximum Gasteiger partial charge on any atom is 0.323 e. The summed E-state index contributed by atoms with van der Waals surface area (Å²) in [6.07, 6.45) is 0. The second kappa shape index (κ2) is 7.47. The summed E-state index contributed by atoms with van der Waals surface area (Å²) in [4.78, 5) is 48.7. The van der Waals surface area contributed by atoms with Crippen molar-refractivity contribution in [2.45, 2.75) is 13.8 Å². The summed E-state index contributed by atoms with van der Waals surface area (Å²) in [7, 11) is 0. The molecular weight excluding hydrogens is 364 g/mol. The monoisotopic (exact) mass is 382 g/mol. The fourth-order valence-electron chi connectivity index (χ4n) is 2.92. The Labute approximate surface area is 160 Å². The van der Waals surface area contributed by atoms with Crippen molar-refractivity contribution in [2.24, 2.45) is 5.92 Å². The Kier molecular flexibility index (Phi) is 5.08. The third-order valence-corrected chi connectivity index (χ3v) is 4.13. The minimum absolute atomic E-state index is 0.0422. The Morgan fingerprint density at radius 3 is 2.43 bits per heavy atom. The first-order valence-electron chi connectivity index (χ1n) is 8.59. The van der Waals surface area contributed by atoms with E-state index in [1.54, 1.807) is 6.07 Å². The smallest absolute Gasteiger partial charge is 0.308 e. The molecule has 1 aliphatic heterocycles. The number of fused-ring (bicyclic) bond motifs is 1. The normalized spacial score (nSPS) is 12.9. The molecule has 144 valence electrons. The lowest BCUT2D eigenvalue weighted by atomic mass is 10.1. The highest BCUT2D eigenvalue weighted by Gasteiger charge is 2.35. The third kappa shape index (κ3) is 3.68. The lowest BCUT2D eigenvalue weighted by Crippen LogP contribution is -2.33. The number of imide groups is 1. The van der Waals surface area contributed by atoms with Gasteiger partial charge in [-0.05, 0) is 30.2 Å². The SMILES string of the molecule is CC(C)CN1C(=O)c2ccc(NC(=O)Nc3ccccc3[N+](=O)[O-])cc2C1=O. The molecule has 0 bridgehead atoms. The molecule has 3 rings (SSSR count). The second-order valence-electron chi connectivity index (χ2n) is 6.73. The van der Waals surface area contributed by atoms with E-state index in [-0.39, 0.29) is 34.3 Å². The highest BCUT2D eigenvalue weighted by Crippen LogP contribution is 2.27. The lowest BCUT2D eigenvalue weighted by Gasteiger charge is -2.15. The van der Waals surface area contributed by atoms with Gasteiger partial charge in [-0.25, -0.2) is 4.79 Å². The third-order valence-electron chi connectivity index (χ3n) is 4.13. The molecule has 0 spiro atoms. The number of amides is 4. The van der Waals surface area contributed by atoms with Gasteiger partial charge >= 0.3 is 6.03 Å². The van der Waals surface area contributed by atoms with E-state index in [1.165, 1.54) is 41.3 Å². The number of urea groups is 1. The fraction of sp³-hybridized carbons (Fsp3) is 0.211. The van der Waals surface area contributed by atoms with Crippen LogP contribution in [0, 0.1) is 16.0 Å². The highest BCUT2D eigenvalue weighted by molar-refractivity contribution is 6.22. The van der Waals surface area contributed by atoms with E-state index in [1.807, 2.05) is 13.8 Å². The first kappa shape index (κ1) is 19.0. The molecule has 2 aromatic carbocycles. The van der Waals surface area contributed by atoms with Gasteiger partial charge in [0.15, 0.2) is 0 Å². The molecule has 9 nitrogen and oxygen atoms in total. The molecule has 0 unspecified atom stereocenters. The minimum atomic E-state index is -0.704. The molecule has 0 radical (unpaired) electrons. The van der Waals surface area contributed by atoms with Gasteiger partial charge in [0.2, 0.25) is 0 Å². The molecule has 0 atom stereocenters. The largest absolute Gasteiger partial charge is 0.323 e. The van der Waals surface area contributed by atoms with Crippen LogP contribution < -0.4 is 10.6 Å². The van der Waals surface area contributed by atoms with E-state index in [9.17, 15) is 24.5 Å². The van der Waals surface area contributed by atoms with Crippen LogP contribution >= 0.6 is 0 Å². The molecule has 0 aliphatic carbocycles.